The molecule has 1 N–H and O–H groups in total. The second-order valence-electron chi connectivity index (χ2n) is 5.65. The Labute approximate surface area is 118 Å². The summed E-state index contributed by atoms with van der Waals surface area (Å²) in [7, 11) is 0. The molecular formula is C15H19N3O2. The van der Waals surface area contributed by atoms with E-state index in [0.717, 1.165) is 24.0 Å². The third-order valence-corrected chi connectivity index (χ3v) is 3.27. The fourth-order valence-corrected chi connectivity index (χ4v) is 2.35. The highest BCUT2D eigenvalue weighted by Crippen LogP contribution is 2.17. The van der Waals surface area contributed by atoms with Crippen molar-refractivity contribution in [2.24, 2.45) is 0 Å². The van der Waals surface area contributed by atoms with Crippen LogP contribution in [0.3, 0.4) is 0 Å². The Balaban J connectivity index is 1.65. The molecule has 1 aliphatic heterocycles. The molecule has 0 bridgehead atoms. The summed E-state index contributed by atoms with van der Waals surface area (Å²) in [6, 6.07) is 8.25. The molecule has 5 heteroatoms. The van der Waals surface area contributed by atoms with E-state index < -0.39 is 0 Å². The van der Waals surface area contributed by atoms with Gasteiger partial charge in [-0.15, -0.1) is 0 Å². The predicted molar refractivity (Wildman–Crippen MR) is 76.9 cm³/mol. The Bertz CT molecular complexity index is 600. The zero-order valence-electron chi connectivity index (χ0n) is 11.8. The largest absolute Gasteiger partial charge is 0.461 e. The minimum atomic E-state index is -0.156. The van der Waals surface area contributed by atoms with E-state index in [0.29, 0.717) is 12.6 Å². The van der Waals surface area contributed by atoms with Crippen LogP contribution < -0.4 is 10.1 Å². The van der Waals surface area contributed by atoms with Crippen molar-refractivity contribution in [3.05, 3.63) is 30.5 Å². The van der Waals surface area contributed by atoms with Gasteiger partial charge in [-0.05, 0) is 19.9 Å². The van der Waals surface area contributed by atoms with Crippen molar-refractivity contribution in [1.29, 1.82) is 0 Å². The minimum absolute atomic E-state index is 0.0221. The minimum Gasteiger partial charge on any atom is -0.461 e. The van der Waals surface area contributed by atoms with E-state index in [-0.39, 0.29) is 11.7 Å². The van der Waals surface area contributed by atoms with Gasteiger partial charge >= 0.3 is 6.01 Å². The molecule has 0 aliphatic carbocycles. The van der Waals surface area contributed by atoms with Gasteiger partial charge in [-0.1, -0.05) is 18.2 Å². The van der Waals surface area contributed by atoms with Crippen molar-refractivity contribution in [2.75, 3.05) is 19.7 Å². The van der Waals surface area contributed by atoms with Gasteiger partial charge in [0.2, 0.25) is 0 Å². The molecule has 2 heterocycles. The van der Waals surface area contributed by atoms with E-state index >= 15 is 0 Å². The monoisotopic (exact) mass is 273 g/mol. The normalized spacial score (nSPS) is 21.8. The Morgan fingerprint density at radius 2 is 2.25 bits per heavy atom. The number of morpholine rings is 1. The van der Waals surface area contributed by atoms with Crippen LogP contribution in [0.25, 0.3) is 10.9 Å². The van der Waals surface area contributed by atoms with Crippen LogP contribution in [0.1, 0.15) is 13.8 Å². The lowest BCUT2D eigenvalue weighted by atomic mass is 10.1. The number of aromatic nitrogens is 2. The molecule has 106 valence electrons. The lowest BCUT2D eigenvalue weighted by Gasteiger charge is -2.36. The van der Waals surface area contributed by atoms with Crippen molar-refractivity contribution in [2.45, 2.75) is 25.6 Å². The zero-order chi connectivity index (χ0) is 14.0. The fourth-order valence-electron chi connectivity index (χ4n) is 2.35. The summed E-state index contributed by atoms with van der Waals surface area (Å²) < 4.78 is 11.6. The summed E-state index contributed by atoms with van der Waals surface area (Å²) in [6.45, 7) is 6.24. The van der Waals surface area contributed by atoms with Crippen molar-refractivity contribution in [1.82, 2.24) is 15.3 Å². The second kappa shape index (κ2) is 5.34. The summed E-state index contributed by atoms with van der Waals surface area (Å²) in [5.74, 6) is 0. The Kier molecular flexibility index (Phi) is 3.54. The van der Waals surface area contributed by atoms with Crippen LogP contribution in [0.5, 0.6) is 6.01 Å². The number of benzene rings is 1. The first kappa shape index (κ1) is 13.3. The molecule has 0 saturated carbocycles. The van der Waals surface area contributed by atoms with Crippen molar-refractivity contribution in [3.63, 3.8) is 0 Å². The molecule has 2 aromatic rings. The van der Waals surface area contributed by atoms with Gasteiger partial charge in [0.05, 0.1) is 11.1 Å². The second-order valence-corrected chi connectivity index (χ2v) is 5.65. The van der Waals surface area contributed by atoms with Gasteiger partial charge in [-0.25, -0.2) is 4.98 Å². The lowest BCUT2D eigenvalue weighted by Crippen LogP contribution is -2.52. The first-order valence-corrected chi connectivity index (χ1v) is 6.85. The van der Waals surface area contributed by atoms with E-state index in [9.17, 15) is 0 Å². The van der Waals surface area contributed by atoms with E-state index in [1.54, 1.807) is 6.20 Å². The number of nitrogens with one attached hydrogen (secondary N) is 1. The maximum Gasteiger partial charge on any atom is 0.317 e. The summed E-state index contributed by atoms with van der Waals surface area (Å²) >= 11 is 0. The van der Waals surface area contributed by atoms with Crippen LogP contribution in [0.4, 0.5) is 0 Å². The summed E-state index contributed by atoms with van der Waals surface area (Å²) in [5, 5.41) is 4.36. The summed E-state index contributed by atoms with van der Waals surface area (Å²) in [6.07, 6.45) is 1.80. The van der Waals surface area contributed by atoms with Gasteiger partial charge in [-0.3, -0.25) is 0 Å². The molecule has 20 heavy (non-hydrogen) atoms. The quantitative estimate of drug-likeness (QED) is 0.923. The average molecular weight is 273 g/mol. The number of hydrogen-bond acceptors (Lipinski definition) is 5. The molecule has 0 spiro atoms. The molecule has 1 atom stereocenters. The Morgan fingerprint density at radius 3 is 3.10 bits per heavy atom. The van der Waals surface area contributed by atoms with Crippen LogP contribution in [0.2, 0.25) is 0 Å². The van der Waals surface area contributed by atoms with Gasteiger partial charge in [-0.2, -0.15) is 4.98 Å². The molecule has 1 saturated heterocycles. The molecule has 0 amide bonds. The summed E-state index contributed by atoms with van der Waals surface area (Å²) in [5.41, 5.74) is 0.733. The average Bonchev–Trinajstić information content (AvgIpc) is 2.44. The number of hydrogen-bond donors (Lipinski definition) is 1. The number of rotatable bonds is 3. The van der Waals surface area contributed by atoms with Crippen LogP contribution in [-0.2, 0) is 4.74 Å². The highest BCUT2D eigenvalue weighted by atomic mass is 16.6. The smallest absolute Gasteiger partial charge is 0.317 e. The van der Waals surface area contributed by atoms with Crippen molar-refractivity contribution >= 4 is 10.9 Å². The third-order valence-electron chi connectivity index (χ3n) is 3.27. The van der Waals surface area contributed by atoms with Crippen LogP contribution in [0, 0.1) is 0 Å². The first-order valence-electron chi connectivity index (χ1n) is 6.85. The van der Waals surface area contributed by atoms with E-state index in [2.05, 4.69) is 29.1 Å². The molecule has 1 aromatic carbocycles. The lowest BCUT2D eigenvalue weighted by molar-refractivity contribution is -0.107. The zero-order valence-corrected chi connectivity index (χ0v) is 11.8. The van der Waals surface area contributed by atoms with Crippen LogP contribution >= 0.6 is 0 Å². The number of nitrogens with zero attached hydrogens (tertiary/aromatic N) is 2. The van der Waals surface area contributed by atoms with E-state index in [4.69, 9.17) is 9.47 Å². The maximum atomic E-state index is 5.94. The topological polar surface area (TPSA) is 56.3 Å². The van der Waals surface area contributed by atoms with Crippen LogP contribution in [0.15, 0.2) is 30.5 Å². The van der Waals surface area contributed by atoms with Gasteiger partial charge in [0, 0.05) is 24.7 Å². The van der Waals surface area contributed by atoms with E-state index in [1.165, 1.54) is 0 Å². The van der Waals surface area contributed by atoms with Gasteiger partial charge in [0.1, 0.15) is 12.7 Å². The Morgan fingerprint density at radius 1 is 1.40 bits per heavy atom. The molecular weight excluding hydrogens is 254 g/mol. The highest BCUT2D eigenvalue weighted by molar-refractivity contribution is 5.77. The highest BCUT2D eigenvalue weighted by Gasteiger charge is 2.28. The maximum absolute atomic E-state index is 5.94. The van der Waals surface area contributed by atoms with Crippen LogP contribution in [-0.4, -0.2) is 41.4 Å². The number of fused-ring (bicyclic) bond motifs is 1. The third kappa shape index (κ3) is 3.05. The number of ether oxygens (including phenoxy) is 2. The van der Waals surface area contributed by atoms with Crippen molar-refractivity contribution < 1.29 is 9.47 Å². The van der Waals surface area contributed by atoms with Crippen molar-refractivity contribution in [3.8, 4) is 6.01 Å². The molecule has 3 rings (SSSR count). The van der Waals surface area contributed by atoms with Gasteiger partial charge in [0.15, 0.2) is 0 Å². The van der Waals surface area contributed by atoms with Gasteiger partial charge in [0.25, 0.3) is 0 Å². The molecule has 1 aliphatic rings. The molecule has 1 unspecified atom stereocenters. The summed E-state index contributed by atoms with van der Waals surface area (Å²) in [4.78, 5) is 8.61. The predicted octanol–water partition coefficient (Wildman–Crippen LogP) is 1.78. The molecule has 1 aromatic heterocycles. The molecule has 0 radical (unpaired) electrons. The number of para-hydroxylation sites is 1. The molecule has 5 nitrogen and oxygen atoms in total. The SMILES string of the molecule is CC1(C)CNCC(COc2ncc3ccccc3n2)O1. The molecule has 1 fully saturated rings. The Hall–Kier alpha value is -1.72. The fraction of sp³-hybridized carbons (Fsp3) is 0.467. The van der Waals surface area contributed by atoms with E-state index in [1.807, 2.05) is 24.3 Å². The first-order chi connectivity index (χ1) is 9.62. The van der Waals surface area contributed by atoms with Gasteiger partial charge < -0.3 is 14.8 Å². The standard InChI is InChI=1S/C15H19N3O2/c1-15(2)10-16-8-12(20-15)9-19-14-17-7-11-5-3-4-6-13(11)18-14/h3-7,12,16H,8-10H2,1-2H3.